The second kappa shape index (κ2) is 9.01. The average Bonchev–Trinajstić information content (AvgIpc) is 2.66. The first-order chi connectivity index (χ1) is 12.5. The van der Waals surface area contributed by atoms with Gasteiger partial charge < -0.3 is 10.4 Å². The Morgan fingerprint density at radius 2 is 1.85 bits per heavy atom. The first-order valence-electron chi connectivity index (χ1n) is 10.3. The van der Waals surface area contributed by atoms with Gasteiger partial charge in [-0.1, -0.05) is 57.0 Å². The zero-order valence-corrected chi connectivity index (χ0v) is 16.2. The molecule has 0 radical (unpaired) electrons. The van der Waals surface area contributed by atoms with Gasteiger partial charge in [0.05, 0.1) is 12.6 Å². The molecule has 1 aromatic rings. The molecule has 4 unspecified atom stereocenters. The van der Waals surface area contributed by atoms with Crippen LogP contribution in [-0.2, 0) is 4.79 Å². The Balaban J connectivity index is 1.43. The molecule has 1 aliphatic carbocycles. The van der Waals surface area contributed by atoms with Gasteiger partial charge in [0.15, 0.2) is 0 Å². The minimum absolute atomic E-state index is 0.165. The second-order valence-electron chi connectivity index (χ2n) is 8.41. The van der Waals surface area contributed by atoms with Crippen molar-refractivity contribution in [2.45, 2.75) is 58.1 Å². The third-order valence-corrected chi connectivity index (χ3v) is 6.64. The molecule has 26 heavy (non-hydrogen) atoms. The van der Waals surface area contributed by atoms with Gasteiger partial charge in [-0.25, -0.2) is 0 Å². The van der Waals surface area contributed by atoms with E-state index in [-0.39, 0.29) is 11.8 Å². The zero-order chi connectivity index (χ0) is 18.5. The number of carbonyl (C=O) groups excluding carboxylic acids is 1. The molecule has 1 saturated heterocycles. The number of amides is 1. The number of hydrogen-bond donors (Lipinski definition) is 2. The van der Waals surface area contributed by atoms with E-state index in [4.69, 9.17) is 0 Å². The molecule has 2 fully saturated rings. The predicted octanol–water partition coefficient (Wildman–Crippen LogP) is 3.37. The number of likely N-dealkylation sites (tertiary alicyclic amines) is 1. The lowest BCUT2D eigenvalue weighted by atomic mass is 9.78. The second-order valence-corrected chi connectivity index (χ2v) is 8.41. The highest BCUT2D eigenvalue weighted by Crippen LogP contribution is 2.31. The van der Waals surface area contributed by atoms with Crippen molar-refractivity contribution in [3.8, 4) is 0 Å². The third kappa shape index (κ3) is 4.86. The average molecular weight is 359 g/mol. The highest BCUT2D eigenvalue weighted by molar-refractivity contribution is 5.78. The van der Waals surface area contributed by atoms with Gasteiger partial charge in [0.25, 0.3) is 0 Å². The summed E-state index contributed by atoms with van der Waals surface area (Å²) in [6, 6.07) is 10.3. The Morgan fingerprint density at radius 3 is 2.54 bits per heavy atom. The number of piperidine rings is 1. The maximum Gasteiger partial charge on any atom is 0.234 e. The van der Waals surface area contributed by atoms with Gasteiger partial charge in [-0.15, -0.1) is 0 Å². The molecule has 144 valence electrons. The van der Waals surface area contributed by atoms with Gasteiger partial charge in [-0.05, 0) is 55.7 Å². The van der Waals surface area contributed by atoms with Gasteiger partial charge in [0.1, 0.15) is 0 Å². The van der Waals surface area contributed by atoms with E-state index in [2.05, 4.69) is 24.1 Å². The first kappa shape index (κ1) is 19.4. The van der Waals surface area contributed by atoms with Crippen molar-refractivity contribution in [1.82, 2.24) is 10.2 Å². The predicted molar refractivity (Wildman–Crippen MR) is 105 cm³/mol. The summed E-state index contributed by atoms with van der Waals surface area (Å²) in [7, 11) is 0. The molecule has 1 heterocycles. The summed E-state index contributed by atoms with van der Waals surface area (Å²) in [4.78, 5) is 14.7. The molecule has 1 aromatic carbocycles. The van der Waals surface area contributed by atoms with Crippen molar-refractivity contribution in [3.05, 3.63) is 35.9 Å². The molecule has 1 amide bonds. The normalized spacial score (nSPS) is 29.3. The van der Waals surface area contributed by atoms with Crippen LogP contribution in [0.4, 0.5) is 0 Å². The van der Waals surface area contributed by atoms with Crippen molar-refractivity contribution >= 4 is 5.91 Å². The maximum atomic E-state index is 12.5. The molecular formula is C22H34N2O2. The van der Waals surface area contributed by atoms with Gasteiger partial charge >= 0.3 is 0 Å². The van der Waals surface area contributed by atoms with Crippen LogP contribution in [0.2, 0.25) is 0 Å². The number of nitrogens with one attached hydrogen (secondary N) is 1. The number of hydrogen-bond acceptors (Lipinski definition) is 3. The monoisotopic (exact) mass is 358 g/mol. The highest BCUT2D eigenvalue weighted by Gasteiger charge is 2.30. The Labute approximate surface area is 158 Å². The standard InChI is InChI=1S/C22H34N2O2/c1-16-7-6-10-20(17(16)2)23-21(25)15-24-13-11-19(12-14-24)22(26)18-8-4-3-5-9-18/h3-5,8-9,16-17,19-20,22,26H,6-7,10-15H2,1-2H3,(H,23,25). The molecule has 2 aliphatic rings. The summed E-state index contributed by atoms with van der Waals surface area (Å²) in [5.41, 5.74) is 1.00. The van der Waals surface area contributed by atoms with E-state index in [1.807, 2.05) is 30.3 Å². The molecule has 3 rings (SSSR count). The summed E-state index contributed by atoms with van der Waals surface area (Å²) in [5.74, 6) is 1.72. The van der Waals surface area contributed by atoms with Crippen molar-refractivity contribution in [1.29, 1.82) is 0 Å². The summed E-state index contributed by atoms with van der Waals surface area (Å²) in [6.07, 6.45) is 5.12. The molecule has 4 atom stereocenters. The fraction of sp³-hybridized carbons (Fsp3) is 0.682. The summed E-state index contributed by atoms with van der Waals surface area (Å²) < 4.78 is 0. The molecule has 2 N–H and O–H groups in total. The lowest BCUT2D eigenvalue weighted by Gasteiger charge is -2.36. The van der Waals surface area contributed by atoms with Crippen LogP contribution in [0.3, 0.4) is 0 Å². The van der Waals surface area contributed by atoms with Crippen molar-refractivity contribution < 1.29 is 9.90 Å². The van der Waals surface area contributed by atoms with Crippen molar-refractivity contribution in [3.63, 3.8) is 0 Å². The SMILES string of the molecule is CC1CCCC(NC(=O)CN2CCC(C(O)c3ccccc3)CC2)C1C. The number of carbonyl (C=O) groups is 1. The molecule has 0 spiro atoms. The number of aliphatic hydroxyl groups excluding tert-OH is 1. The minimum Gasteiger partial charge on any atom is -0.388 e. The first-order valence-corrected chi connectivity index (χ1v) is 10.3. The summed E-state index contributed by atoms with van der Waals surface area (Å²) in [6.45, 7) is 6.83. The number of rotatable bonds is 5. The fourth-order valence-corrected chi connectivity index (χ4v) is 4.59. The molecule has 1 aliphatic heterocycles. The summed E-state index contributed by atoms with van der Waals surface area (Å²) in [5, 5.41) is 13.9. The Kier molecular flexibility index (Phi) is 6.71. The largest absolute Gasteiger partial charge is 0.388 e. The van der Waals surface area contributed by atoms with Crippen molar-refractivity contribution in [2.75, 3.05) is 19.6 Å². The Morgan fingerprint density at radius 1 is 1.15 bits per heavy atom. The molecule has 0 aromatic heterocycles. The van der Waals surface area contributed by atoms with Gasteiger partial charge in [0.2, 0.25) is 5.91 Å². The van der Waals surface area contributed by atoms with Crippen LogP contribution in [0.15, 0.2) is 30.3 Å². The van der Waals surface area contributed by atoms with E-state index in [0.29, 0.717) is 24.4 Å². The quantitative estimate of drug-likeness (QED) is 0.848. The van der Waals surface area contributed by atoms with E-state index in [9.17, 15) is 9.90 Å². The van der Waals surface area contributed by atoms with Gasteiger partial charge in [0, 0.05) is 6.04 Å². The van der Waals surface area contributed by atoms with Crippen LogP contribution in [0.5, 0.6) is 0 Å². The number of nitrogens with zero attached hydrogens (tertiary/aromatic N) is 1. The van der Waals surface area contributed by atoms with Crippen molar-refractivity contribution in [2.24, 2.45) is 17.8 Å². The third-order valence-electron chi connectivity index (χ3n) is 6.64. The maximum absolute atomic E-state index is 12.5. The van der Waals surface area contributed by atoms with E-state index >= 15 is 0 Å². The Hall–Kier alpha value is -1.39. The van der Waals surface area contributed by atoms with E-state index in [1.165, 1.54) is 12.8 Å². The Bertz CT molecular complexity index is 569. The van der Waals surface area contributed by atoms with E-state index < -0.39 is 6.10 Å². The lowest BCUT2D eigenvalue weighted by molar-refractivity contribution is -0.124. The van der Waals surface area contributed by atoms with Crippen LogP contribution in [0.1, 0.15) is 57.6 Å². The topological polar surface area (TPSA) is 52.6 Å². The van der Waals surface area contributed by atoms with Crippen LogP contribution in [-0.4, -0.2) is 41.6 Å². The van der Waals surface area contributed by atoms with Crippen LogP contribution >= 0.6 is 0 Å². The van der Waals surface area contributed by atoms with Crippen LogP contribution < -0.4 is 5.32 Å². The molecule has 0 bridgehead atoms. The van der Waals surface area contributed by atoms with Gasteiger partial charge in [-0.3, -0.25) is 9.69 Å². The summed E-state index contributed by atoms with van der Waals surface area (Å²) >= 11 is 0. The lowest BCUT2D eigenvalue weighted by Crippen LogP contribution is -2.48. The van der Waals surface area contributed by atoms with E-state index in [1.54, 1.807) is 0 Å². The van der Waals surface area contributed by atoms with Gasteiger partial charge in [-0.2, -0.15) is 0 Å². The number of benzene rings is 1. The highest BCUT2D eigenvalue weighted by atomic mass is 16.3. The fourth-order valence-electron chi connectivity index (χ4n) is 4.59. The van der Waals surface area contributed by atoms with Crippen LogP contribution in [0.25, 0.3) is 0 Å². The van der Waals surface area contributed by atoms with Crippen LogP contribution in [0, 0.1) is 17.8 Å². The van der Waals surface area contributed by atoms with E-state index in [0.717, 1.165) is 37.9 Å². The molecular weight excluding hydrogens is 324 g/mol. The number of aliphatic hydroxyl groups is 1. The smallest absolute Gasteiger partial charge is 0.234 e. The molecule has 4 nitrogen and oxygen atoms in total. The zero-order valence-electron chi connectivity index (χ0n) is 16.2. The molecule has 1 saturated carbocycles. The molecule has 4 heteroatoms. The minimum atomic E-state index is -0.392.